The van der Waals surface area contributed by atoms with Gasteiger partial charge in [-0.2, -0.15) is 18.3 Å². The van der Waals surface area contributed by atoms with Crippen LogP contribution in [0.4, 0.5) is 19.0 Å². The molecule has 1 amide bonds. The van der Waals surface area contributed by atoms with Gasteiger partial charge in [-0.25, -0.2) is 4.68 Å². The second kappa shape index (κ2) is 7.38. The fraction of sp³-hybridized carbons (Fsp3) is 0.632. The minimum absolute atomic E-state index is 0.0324. The average molecular weight is 411 g/mol. The molecule has 0 aromatic carbocycles. The van der Waals surface area contributed by atoms with Gasteiger partial charge in [0, 0.05) is 43.6 Å². The Bertz CT molecular complexity index is 891. The molecule has 0 saturated carbocycles. The summed E-state index contributed by atoms with van der Waals surface area (Å²) in [4.78, 5) is 14.3. The van der Waals surface area contributed by atoms with Gasteiger partial charge in [0.05, 0.1) is 5.69 Å². The van der Waals surface area contributed by atoms with E-state index in [9.17, 15) is 18.0 Å². The van der Waals surface area contributed by atoms with E-state index >= 15 is 0 Å². The summed E-state index contributed by atoms with van der Waals surface area (Å²) in [6.45, 7) is 4.68. The van der Waals surface area contributed by atoms with Gasteiger partial charge in [0.1, 0.15) is 11.6 Å². The molecule has 3 atom stereocenters. The van der Waals surface area contributed by atoms with Crippen molar-refractivity contribution in [3.8, 4) is 0 Å². The van der Waals surface area contributed by atoms with Crippen LogP contribution in [0.5, 0.6) is 0 Å². The highest BCUT2D eigenvalue weighted by Crippen LogP contribution is 2.41. The third-order valence-electron chi connectivity index (χ3n) is 5.80. The Morgan fingerprint density at radius 2 is 2.14 bits per heavy atom. The first-order chi connectivity index (χ1) is 13.8. The number of carbonyl (C=O) groups is 1. The Hall–Kier alpha value is -2.52. The Morgan fingerprint density at radius 1 is 1.34 bits per heavy atom. The maximum Gasteiger partial charge on any atom is 0.410 e. The van der Waals surface area contributed by atoms with Gasteiger partial charge in [-0.05, 0) is 19.3 Å². The summed E-state index contributed by atoms with van der Waals surface area (Å²) in [5.74, 6) is 0.706. The van der Waals surface area contributed by atoms with Crippen LogP contribution in [0.2, 0.25) is 0 Å². The standard InChI is InChI=1S/C19H24F3N5O2/c1-3-12-7-16(19(20,21)22)27-17(23-12)9-14(24-27)11-5-6-26(10-11)18(28)15-8-13(4-2)29-25-15/h8-9,11-12,16,23H,3-7,10H2,1-2H3/t11?,12-,16-/m1/s1. The minimum atomic E-state index is -4.35. The highest BCUT2D eigenvalue weighted by molar-refractivity contribution is 5.92. The zero-order valence-electron chi connectivity index (χ0n) is 16.4. The quantitative estimate of drug-likeness (QED) is 0.829. The largest absolute Gasteiger partial charge is 0.410 e. The van der Waals surface area contributed by atoms with Crippen molar-refractivity contribution in [3.63, 3.8) is 0 Å². The van der Waals surface area contributed by atoms with E-state index in [2.05, 4.69) is 15.6 Å². The van der Waals surface area contributed by atoms with E-state index in [1.54, 1.807) is 17.0 Å². The van der Waals surface area contributed by atoms with E-state index in [1.165, 1.54) is 0 Å². The molecule has 1 fully saturated rings. The average Bonchev–Trinajstić information content (AvgIpc) is 3.43. The summed E-state index contributed by atoms with van der Waals surface area (Å²) >= 11 is 0. The van der Waals surface area contributed by atoms with Crippen molar-refractivity contribution in [1.29, 1.82) is 0 Å². The number of amides is 1. The smallest absolute Gasteiger partial charge is 0.367 e. The number of hydrogen-bond acceptors (Lipinski definition) is 5. The van der Waals surface area contributed by atoms with Crippen LogP contribution >= 0.6 is 0 Å². The van der Waals surface area contributed by atoms with Crippen LogP contribution in [0.15, 0.2) is 16.7 Å². The molecule has 0 spiro atoms. The molecule has 1 N–H and O–H groups in total. The summed E-state index contributed by atoms with van der Waals surface area (Å²) < 4.78 is 46.8. The molecule has 4 heterocycles. The lowest BCUT2D eigenvalue weighted by atomic mass is 10.0. The fourth-order valence-electron chi connectivity index (χ4n) is 4.07. The van der Waals surface area contributed by atoms with Gasteiger partial charge in [-0.1, -0.05) is 19.0 Å². The number of rotatable bonds is 4. The number of aromatic nitrogens is 3. The first-order valence-electron chi connectivity index (χ1n) is 9.97. The highest BCUT2D eigenvalue weighted by atomic mass is 19.4. The lowest BCUT2D eigenvalue weighted by molar-refractivity contribution is -0.173. The van der Waals surface area contributed by atoms with Gasteiger partial charge in [0.2, 0.25) is 0 Å². The normalized spacial score (nSPS) is 24.4. The van der Waals surface area contributed by atoms with Crippen molar-refractivity contribution < 1.29 is 22.5 Å². The predicted molar refractivity (Wildman–Crippen MR) is 98.8 cm³/mol. The molecule has 1 saturated heterocycles. The first-order valence-corrected chi connectivity index (χ1v) is 9.97. The number of aryl methyl sites for hydroxylation is 1. The molecule has 2 aliphatic rings. The number of alkyl halides is 3. The number of carbonyl (C=O) groups excluding carboxylic acids is 1. The van der Waals surface area contributed by atoms with Crippen LogP contribution in [0.3, 0.4) is 0 Å². The zero-order chi connectivity index (χ0) is 20.8. The zero-order valence-corrected chi connectivity index (χ0v) is 16.4. The number of halogens is 3. The van der Waals surface area contributed by atoms with Crippen molar-refractivity contribution in [1.82, 2.24) is 19.8 Å². The molecular weight excluding hydrogens is 387 g/mol. The molecule has 1 unspecified atom stereocenters. The van der Waals surface area contributed by atoms with E-state index in [0.717, 1.165) is 4.68 Å². The SMILES string of the molecule is CCc1cc(C(=O)N2CCC(c3cc4n(n3)[C@@H](C(F)(F)F)C[C@@H](CC)N4)C2)no1. The topological polar surface area (TPSA) is 76.2 Å². The summed E-state index contributed by atoms with van der Waals surface area (Å²) in [5.41, 5.74) is 0.847. The summed E-state index contributed by atoms with van der Waals surface area (Å²) in [5, 5.41) is 11.3. The maximum absolute atomic E-state index is 13.5. The van der Waals surface area contributed by atoms with E-state index in [0.29, 0.717) is 49.6 Å². The van der Waals surface area contributed by atoms with Crippen molar-refractivity contribution in [3.05, 3.63) is 29.3 Å². The predicted octanol–water partition coefficient (Wildman–Crippen LogP) is 3.76. The number of hydrogen-bond donors (Lipinski definition) is 1. The van der Waals surface area contributed by atoms with Gasteiger partial charge < -0.3 is 14.7 Å². The second-order valence-electron chi connectivity index (χ2n) is 7.71. The maximum atomic E-state index is 13.5. The third kappa shape index (κ3) is 3.72. The third-order valence-corrected chi connectivity index (χ3v) is 5.80. The Labute approximate surface area is 166 Å². The van der Waals surface area contributed by atoms with E-state index in [4.69, 9.17) is 4.52 Å². The molecule has 2 aromatic rings. The van der Waals surface area contributed by atoms with Crippen LogP contribution in [-0.4, -0.2) is 51.1 Å². The van der Waals surface area contributed by atoms with Gasteiger partial charge in [0.25, 0.3) is 5.91 Å². The van der Waals surface area contributed by atoms with Gasteiger partial charge >= 0.3 is 6.18 Å². The van der Waals surface area contributed by atoms with Gasteiger partial charge in [-0.15, -0.1) is 0 Å². The Kier molecular flexibility index (Phi) is 5.04. The molecule has 7 nitrogen and oxygen atoms in total. The fourth-order valence-corrected chi connectivity index (χ4v) is 4.07. The van der Waals surface area contributed by atoms with Crippen molar-refractivity contribution in [2.75, 3.05) is 18.4 Å². The van der Waals surface area contributed by atoms with Crippen molar-refractivity contribution >= 4 is 11.7 Å². The number of fused-ring (bicyclic) bond motifs is 1. The second-order valence-corrected chi connectivity index (χ2v) is 7.71. The summed E-state index contributed by atoms with van der Waals surface area (Å²) in [6, 6.07) is 1.47. The van der Waals surface area contributed by atoms with Crippen LogP contribution < -0.4 is 5.32 Å². The number of anilines is 1. The van der Waals surface area contributed by atoms with Crippen LogP contribution in [-0.2, 0) is 6.42 Å². The monoisotopic (exact) mass is 411 g/mol. The molecule has 10 heteroatoms. The molecule has 4 rings (SSSR count). The van der Waals surface area contributed by atoms with E-state index in [-0.39, 0.29) is 30.0 Å². The Balaban J connectivity index is 1.52. The van der Waals surface area contributed by atoms with E-state index in [1.807, 2.05) is 13.8 Å². The summed E-state index contributed by atoms with van der Waals surface area (Å²) in [7, 11) is 0. The lowest BCUT2D eigenvalue weighted by Crippen LogP contribution is -2.38. The number of nitrogens with zero attached hydrogens (tertiary/aromatic N) is 4. The number of nitrogens with one attached hydrogen (secondary N) is 1. The van der Waals surface area contributed by atoms with Crippen molar-refractivity contribution in [2.24, 2.45) is 0 Å². The van der Waals surface area contributed by atoms with Crippen LogP contribution in [0.25, 0.3) is 0 Å². The highest BCUT2D eigenvalue weighted by Gasteiger charge is 2.46. The summed E-state index contributed by atoms with van der Waals surface area (Å²) in [6.07, 6.45) is -2.48. The molecule has 0 aliphatic carbocycles. The minimum Gasteiger partial charge on any atom is -0.367 e. The Morgan fingerprint density at radius 3 is 2.79 bits per heavy atom. The molecule has 0 bridgehead atoms. The lowest BCUT2D eigenvalue weighted by Gasteiger charge is -2.32. The van der Waals surface area contributed by atoms with Crippen LogP contribution in [0, 0.1) is 0 Å². The van der Waals surface area contributed by atoms with Crippen molar-refractivity contribution in [2.45, 2.75) is 63.7 Å². The molecule has 158 valence electrons. The molecular formula is C19H24F3N5O2. The van der Waals surface area contributed by atoms with Crippen LogP contribution in [0.1, 0.15) is 67.0 Å². The van der Waals surface area contributed by atoms with Gasteiger partial charge in [-0.3, -0.25) is 4.79 Å². The molecule has 2 aliphatic heterocycles. The molecule has 0 radical (unpaired) electrons. The molecule has 2 aromatic heterocycles. The molecule has 29 heavy (non-hydrogen) atoms. The van der Waals surface area contributed by atoms with E-state index < -0.39 is 12.2 Å². The van der Waals surface area contributed by atoms with Gasteiger partial charge in [0.15, 0.2) is 11.7 Å². The number of likely N-dealkylation sites (tertiary alicyclic amines) is 1. The first kappa shape index (κ1) is 19.8.